The van der Waals surface area contributed by atoms with Crippen molar-refractivity contribution in [3.8, 4) is 0 Å². The van der Waals surface area contributed by atoms with Crippen molar-refractivity contribution in [1.82, 2.24) is 4.90 Å². The molecule has 1 aliphatic heterocycles. The second-order valence-electron chi connectivity index (χ2n) is 7.48. The second-order valence-corrected chi connectivity index (χ2v) is 8.35. The normalized spacial score (nSPS) is 16.6. The number of hydrogen-bond acceptors (Lipinski definition) is 1. The third kappa shape index (κ3) is 3.59. The summed E-state index contributed by atoms with van der Waals surface area (Å²) in [5, 5.41) is 1.35. The van der Waals surface area contributed by atoms with Crippen LogP contribution in [0.1, 0.15) is 58.5 Å². The molecule has 146 valence electrons. The summed E-state index contributed by atoms with van der Waals surface area (Å²) in [5.41, 5.74) is 5.72. The molecule has 0 aliphatic carbocycles. The van der Waals surface area contributed by atoms with Crippen molar-refractivity contribution in [2.75, 3.05) is 0 Å². The molecule has 3 aromatic rings. The molecule has 0 spiro atoms. The van der Waals surface area contributed by atoms with E-state index < -0.39 is 0 Å². The Labute approximate surface area is 181 Å². The summed E-state index contributed by atoms with van der Waals surface area (Å²) in [6.45, 7) is 8.02. The van der Waals surface area contributed by atoms with Gasteiger partial charge in [0.05, 0.1) is 12.1 Å². The molecule has 2 nitrogen and oxygen atoms in total. The van der Waals surface area contributed by atoms with Crippen molar-refractivity contribution in [3.05, 3.63) is 111 Å². The summed E-state index contributed by atoms with van der Waals surface area (Å²) in [7, 11) is 0. The molecule has 0 N–H and O–H groups in total. The Bertz CT molecular complexity index is 1090. The first-order valence-corrected chi connectivity index (χ1v) is 10.3. The highest BCUT2D eigenvalue weighted by Gasteiger charge is 2.40. The average molecular weight is 422 g/mol. The van der Waals surface area contributed by atoms with Gasteiger partial charge < -0.3 is 4.90 Å². The molecule has 29 heavy (non-hydrogen) atoms. The largest absolute Gasteiger partial charge is 0.321 e. The van der Waals surface area contributed by atoms with Crippen LogP contribution in [0.25, 0.3) is 5.57 Å². The minimum absolute atomic E-state index is 0.0190. The maximum atomic E-state index is 13.5. The Hall–Kier alpha value is -2.55. The van der Waals surface area contributed by atoms with Crippen LogP contribution in [0.2, 0.25) is 10.0 Å². The summed E-state index contributed by atoms with van der Waals surface area (Å²) >= 11 is 12.2. The number of amides is 1. The van der Waals surface area contributed by atoms with Gasteiger partial charge in [0, 0.05) is 15.6 Å². The fourth-order valence-electron chi connectivity index (χ4n) is 3.94. The molecule has 0 aromatic heterocycles. The maximum absolute atomic E-state index is 13.5. The van der Waals surface area contributed by atoms with E-state index in [0.717, 1.165) is 33.4 Å². The van der Waals surface area contributed by atoms with E-state index in [1.54, 1.807) is 0 Å². The molecule has 1 heterocycles. The molecular formula is C25H21Cl2NO. The minimum Gasteiger partial charge on any atom is -0.321 e. The predicted molar refractivity (Wildman–Crippen MR) is 120 cm³/mol. The molecule has 4 rings (SSSR count). The third-order valence-corrected chi connectivity index (χ3v) is 6.04. The van der Waals surface area contributed by atoms with E-state index in [2.05, 4.69) is 13.5 Å². The van der Waals surface area contributed by atoms with Crippen LogP contribution < -0.4 is 0 Å². The van der Waals surface area contributed by atoms with Gasteiger partial charge in [-0.2, -0.15) is 0 Å². The van der Waals surface area contributed by atoms with Crippen LogP contribution in [-0.4, -0.2) is 10.8 Å². The Kier molecular flexibility index (Phi) is 5.24. The first kappa shape index (κ1) is 19.8. The Balaban J connectivity index is 1.85. The molecule has 0 fully saturated rings. The van der Waals surface area contributed by atoms with Gasteiger partial charge in [0.1, 0.15) is 0 Å². The van der Waals surface area contributed by atoms with Crippen LogP contribution in [0.15, 0.2) is 73.3 Å². The summed E-state index contributed by atoms with van der Waals surface area (Å²) in [5.74, 6) is 0.0190. The number of carbonyl (C=O) groups excluding carboxylic acids is 1. The lowest BCUT2D eigenvalue weighted by Gasteiger charge is -2.32. The van der Waals surface area contributed by atoms with Crippen molar-refractivity contribution < 1.29 is 4.79 Å². The summed E-state index contributed by atoms with van der Waals surface area (Å²) in [4.78, 5) is 15.5. The van der Waals surface area contributed by atoms with Crippen molar-refractivity contribution >= 4 is 34.7 Å². The van der Waals surface area contributed by atoms with Crippen molar-refractivity contribution in [2.24, 2.45) is 0 Å². The van der Waals surface area contributed by atoms with E-state index in [9.17, 15) is 4.79 Å². The summed E-state index contributed by atoms with van der Waals surface area (Å²) < 4.78 is 0. The predicted octanol–water partition coefficient (Wildman–Crippen LogP) is 7.33. The second kappa shape index (κ2) is 7.70. The van der Waals surface area contributed by atoms with Gasteiger partial charge in [0.25, 0.3) is 5.91 Å². The zero-order chi connectivity index (χ0) is 20.7. The number of carbonyl (C=O) groups is 1. The Morgan fingerprint density at radius 1 is 0.966 bits per heavy atom. The standard InChI is InChI=1S/C25H21Cl2NO/c1-15(2)19-8-13-22-23(14-19)25(29)28(16(3)17-4-9-20(26)10-5-17)24(22)18-6-11-21(27)12-7-18/h4-14,16,24H,1H2,2-3H3/t16-,24?/m0/s1. The zero-order valence-corrected chi connectivity index (χ0v) is 17.8. The third-order valence-electron chi connectivity index (χ3n) is 5.54. The van der Waals surface area contributed by atoms with Crippen LogP contribution in [0.4, 0.5) is 0 Å². The molecule has 0 saturated heterocycles. The van der Waals surface area contributed by atoms with Crippen LogP contribution in [0, 0.1) is 0 Å². The highest BCUT2D eigenvalue weighted by atomic mass is 35.5. The van der Waals surface area contributed by atoms with Crippen molar-refractivity contribution in [1.29, 1.82) is 0 Å². The SMILES string of the molecule is C=C(C)c1ccc2c(c1)C(=O)N([C@@H](C)c1ccc(Cl)cc1)C2c1ccc(Cl)cc1. The number of nitrogens with zero attached hydrogens (tertiary/aromatic N) is 1. The molecule has 4 heteroatoms. The molecule has 1 aliphatic rings. The molecule has 3 aromatic carbocycles. The van der Waals surface area contributed by atoms with Gasteiger partial charge in [-0.3, -0.25) is 4.79 Å². The average Bonchev–Trinajstić information content (AvgIpc) is 3.00. The summed E-state index contributed by atoms with van der Waals surface area (Å²) in [6.07, 6.45) is 0. The zero-order valence-electron chi connectivity index (χ0n) is 16.3. The fourth-order valence-corrected chi connectivity index (χ4v) is 4.19. The first-order chi connectivity index (χ1) is 13.9. The molecule has 0 bridgehead atoms. The topological polar surface area (TPSA) is 20.3 Å². The Morgan fingerprint density at radius 3 is 2.14 bits per heavy atom. The van der Waals surface area contributed by atoms with E-state index in [0.29, 0.717) is 10.0 Å². The van der Waals surface area contributed by atoms with Crippen LogP contribution in [-0.2, 0) is 0 Å². The van der Waals surface area contributed by atoms with Crippen molar-refractivity contribution in [2.45, 2.75) is 25.9 Å². The van der Waals surface area contributed by atoms with Gasteiger partial charge in [-0.15, -0.1) is 0 Å². The van der Waals surface area contributed by atoms with E-state index >= 15 is 0 Å². The number of allylic oxidation sites excluding steroid dienone is 1. The van der Waals surface area contributed by atoms with Crippen LogP contribution in [0.5, 0.6) is 0 Å². The monoisotopic (exact) mass is 421 g/mol. The molecule has 1 unspecified atom stereocenters. The van der Waals surface area contributed by atoms with Crippen LogP contribution >= 0.6 is 23.2 Å². The van der Waals surface area contributed by atoms with E-state index in [-0.39, 0.29) is 18.0 Å². The highest BCUT2D eigenvalue weighted by molar-refractivity contribution is 6.30. The van der Waals surface area contributed by atoms with Gasteiger partial charge in [0.2, 0.25) is 0 Å². The first-order valence-electron chi connectivity index (χ1n) is 9.50. The van der Waals surface area contributed by atoms with E-state index in [4.69, 9.17) is 23.2 Å². The summed E-state index contributed by atoms with van der Waals surface area (Å²) in [6, 6.07) is 21.1. The number of halogens is 2. The molecule has 0 saturated carbocycles. The quantitative estimate of drug-likeness (QED) is 0.431. The fraction of sp³-hybridized carbons (Fsp3) is 0.160. The minimum atomic E-state index is -0.181. The molecule has 0 radical (unpaired) electrons. The van der Waals surface area contributed by atoms with Gasteiger partial charge in [-0.25, -0.2) is 0 Å². The highest BCUT2D eigenvalue weighted by Crippen LogP contribution is 2.44. The molecular weight excluding hydrogens is 401 g/mol. The lowest BCUT2D eigenvalue weighted by molar-refractivity contribution is 0.0676. The van der Waals surface area contributed by atoms with Gasteiger partial charge in [0.15, 0.2) is 0 Å². The smallest absolute Gasteiger partial charge is 0.255 e. The maximum Gasteiger partial charge on any atom is 0.255 e. The number of fused-ring (bicyclic) bond motifs is 1. The number of benzene rings is 3. The molecule has 1 amide bonds. The van der Waals surface area contributed by atoms with Crippen molar-refractivity contribution in [3.63, 3.8) is 0 Å². The van der Waals surface area contributed by atoms with E-state index in [1.165, 1.54) is 0 Å². The van der Waals surface area contributed by atoms with Crippen LogP contribution in [0.3, 0.4) is 0 Å². The van der Waals surface area contributed by atoms with Gasteiger partial charge in [-0.1, -0.05) is 71.8 Å². The van der Waals surface area contributed by atoms with E-state index in [1.807, 2.05) is 78.6 Å². The number of rotatable bonds is 4. The van der Waals surface area contributed by atoms with Gasteiger partial charge >= 0.3 is 0 Å². The lowest BCUT2D eigenvalue weighted by Crippen LogP contribution is -2.31. The Morgan fingerprint density at radius 2 is 1.55 bits per heavy atom. The molecule has 2 atom stereocenters. The van der Waals surface area contributed by atoms with Gasteiger partial charge in [-0.05, 0) is 66.4 Å². The lowest BCUT2D eigenvalue weighted by atomic mass is 9.94. The number of hydrogen-bond donors (Lipinski definition) is 0.